The summed E-state index contributed by atoms with van der Waals surface area (Å²) in [7, 11) is -4.02. The van der Waals surface area contributed by atoms with E-state index in [0.717, 1.165) is 12.8 Å². The number of nitro benzene ring substituents is 1. The van der Waals surface area contributed by atoms with Gasteiger partial charge in [-0.3, -0.25) is 10.1 Å². The molecule has 1 aromatic rings. The van der Waals surface area contributed by atoms with Crippen molar-refractivity contribution in [3.8, 4) is 0 Å². The Hall–Kier alpha value is -1.55. The fourth-order valence-electron chi connectivity index (χ4n) is 6.74. The van der Waals surface area contributed by atoms with E-state index < -0.39 is 32.8 Å². The molecular weight excluding hydrogens is 420 g/mol. The molecule has 1 aromatic carbocycles. The van der Waals surface area contributed by atoms with Gasteiger partial charge in [-0.1, -0.05) is 19.1 Å². The third-order valence-corrected chi connectivity index (χ3v) is 9.94. The number of para-hydroxylation sites is 1. The van der Waals surface area contributed by atoms with Crippen molar-refractivity contribution in [2.45, 2.75) is 69.0 Å². The Bertz CT molecular complexity index is 938. The zero-order chi connectivity index (χ0) is 22.4. The molecule has 172 valence electrons. The molecule has 2 N–H and O–H groups in total. The number of hydrogen-bond acceptors (Lipinski definition) is 6. The van der Waals surface area contributed by atoms with Crippen LogP contribution in [0.5, 0.6) is 0 Å². The van der Waals surface area contributed by atoms with Gasteiger partial charge in [-0.05, 0) is 68.8 Å². The molecule has 8 nitrogen and oxygen atoms in total. The van der Waals surface area contributed by atoms with Gasteiger partial charge in [-0.15, -0.1) is 0 Å². The Balaban J connectivity index is 1.61. The fraction of sp³-hybridized carbons (Fsp3) is 0.727. The van der Waals surface area contributed by atoms with E-state index >= 15 is 0 Å². The molecule has 9 heteroatoms. The van der Waals surface area contributed by atoms with Gasteiger partial charge in [-0.25, -0.2) is 8.42 Å². The summed E-state index contributed by atoms with van der Waals surface area (Å²) in [5, 5.41) is 33.4. The van der Waals surface area contributed by atoms with Crippen LogP contribution in [0.1, 0.15) is 51.9 Å². The minimum Gasteiger partial charge on any atom is -0.393 e. The molecule has 1 heterocycles. The lowest BCUT2D eigenvalue weighted by molar-refractivity contribution is -0.387. The highest BCUT2D eigenvalue weighted by Crippen LogP contribution is 2.60. The van der Waals surface area contributed by atoms with Crippen molar-refractivity contribution in [3.63, 3.8) is 0 Å². The molecule has 1 unspecified atom stereocenters. The molecule has 2 aliphatic carbocycles. The topological polar surface area (TPSA) is 121 Å². The average molecular weight is 453 g/mol. The van der Waals surface area contributed by atoms with Crippen molar-refractivity contribution in [3.05, 3.63) is 34.4 Å². The van der Waals surface area contributed by atoms with E-state index in [9.17, 15) is 28.7 Å². The largest absolute Gasteiger partial charge is 0.393 e. The second-order valence-corrected chi connectivity index (χ2v) is 11.6. The molecule has 2 saturated carbocycles. The first-order valence-corrected chi connectivity index (χ1v) is 12.7. The van der Waals surface area contributed by atoms with Gasteiger partial charge in [0.05, 0.1) is 17.1 Å². The van der Waals surface area contributed by atoms with Gasteiger partial charge in [0.2, 0.25) is 10.0 Å². The third-order valence-electron chi connectivity index (χ3n) is 7.99. The van der Waals surface area contributed by atoms with E-state index in [-0.39, 0.29) is 35.2 Å². The van der Waals surface area contributed by atoms with Crippen LogP contribution in [0.15, 0.2) is 29.2 Å². The van der Waals surface area contributed by atoms with Crippen LogP contribution in [0.2, 0.25) is 0 Å². The summed E-state index contributed by atoms with van der Waals surface area (Å²) in [6, 6.07) is 5.47. The highest BCUT2D eigenvalue weighted by Gasteiger charge is 2.59. The maximum Gasteiger partial charge on any atom is 0.289 e. The Labute approximate surface area is 183 Å². The number of hydrogen-bond donors (Lipinski definition) is 2. The number of nitro groups is 1. The number of aliphatic hydroxyl groups excluding tert-OH is 2. The molecule has 4 rings (SSSR count). The molecule has 0 radical (unpaired) electrons. The maximum atomic E-state index is 13.3. The lowest BCUT2D eigenvalue weighted by atomic mass is 9.57. The van der Waals surface area contributed by atoms with Crippen molar-refractivity contribution in [2.75, 3.05) is 13.1 Å². The van der Waals surface area contributed by atoms with Crippen LogP contribution in [0.25, 0.3) is 0 Å². The van der Waals surface area contributed by atoms with E-state index in [1.54, 1.807) is 0 Å². The Kier molecular flexibility index (Phi) is 6.15. The van der Waals surface area contributed by atoms with Crippen molar-refractivity contribution in [1.82, 2.24) is 4.31 Å². The van der Waals surface area contributed by atoms with Crippen LogP contribution in [0, 0.1) is 33.3 Å². The van der Waals surface area contributed by atoms with Crippen molar-refractivity contribution in [1.29, 1.82) is 0 Å². The quantitative estimate of drug-likeness (QED) is 0.537. The molecule has 3 aliphatic rings. The molecule has 0 bridgehead atoms. The Morgan fingerprint density at radius 2 is 1.84 bits per heavy atom. The highest BCUT2D eigenvalue weighted by atomic mass is 32.2. The van der Waals surface area contributed by atoms with Crippen LogP contribution in [0.3, 0.4) is 0 Å². The van der Waals surface area contributed by atoms with Crippen molar-refractivity contribution >= 4 is 15.7 Å². The van der Waals surface area contributed by atoms with Gasteiger partial charge in [0.15, 0.2) is 4.90 Å². The third kappa shape index (κ3) is 3.79. The fourth-order valence-corrected chi connectivity index (χ4v) is 8.41. The Morgan fingerprint density at radius 3 is 2.58 bits per heavy atom. The SMILES string of the molecule is C[C@H]1CC(O)[C@]23CCCN(S(=O)(=O)c4ccccc4[N+](=O)[O-])CCC[C@H]2[C@@H](O)C[C@@H]3C1. The summed E-state index contributed by atoms with van der Waals surface area (Å²) >= 11 is 0. The van der Waals surface area contributed by atoms with Crippen molar-refractivity contribution in [2.24, 2.45) is 23.2 Å². The van der Waals surface area contributed by atoms with Gasteiger partial charge in [-0.2, -0.15) is 4.31 Å². The Morgan fingerprint density at radius 1 is 1.13 bits per heavy atom. The summed E-state index contributed by atoms with van der Waals surface area (Å²) in [6.45, 7) is 2.66. The molecule has 31 heavy (non-hydrogen) atoms. The summed E-state index contributed by atoms with van der Waals surface area (Å²) in [5.74, 6) is 0.637. The summed E-state index contributed by atoms with van der Waals surface area (Å²) in [4.78, 5) is 10.4. The normalized spacial score (nSPS) is 37.2. The minimum atomic E-state index is -4.02. The standard InChI is InChI=1S/C22H32N2O6S/c1-15-12-16-14-19(25)17-6-4-10-23(11-5-9-22(16,17)21(26)13-15)31(29,30)20-8-3-2-7-18(20)24(27)28/h2-3,7-8,15-17,19,21,25-26H,4-6,9-14H2,1H3/t15-,16+,17+,19+,21?,22+/m1/s1. The smallest absolute Gasteiger partial charge is 0.289 e. The molecule has 1 spiro atoms. The molecule has 0 amide bonds. The predicted octanol–water partition coefficient (Wildman–Crippen LogP) is 2.93. The molecular formula is C22H32N2O6S. The average Bonchev–Trinajstić information content (AvgIpc) is 3.03. The van der Waals surface area contributed by atoms with Crippen LogP contribution < -0.4 is 0 Å². The zero-order valence-corrected chi connectivity index (χ0v) is 18.7. The predicted molar refractivity (Wildman–Crippen MR) is 115 cm³/mol. The summed E-state index contributed by atoms with van der Waals surface area (Å²) in [5.41, 5.74) is -0.769. The number of rotatable bonds is 3. The molecule has 1 aliphatic heterocycles. The van der Waals surface area contributed by atoms with Crippen LogP contribution in [-0.4, -0.2) is 53.2 Å². The summed E-state index contributed by atoms with van der Waals surface area (Å²) in [6.07, 6.45) is 3.89. The van der Waals surface area contributed by atoms with Crippen LogP contribution >= 0.6 is 0 Å². The van der Waals surface area contributed by atoms with E-state index in [2.05, 4.69) is 6.92 Å². The van der Waals surface area contributed by atoms with Gasteiger partial charge >= 0.3 is 0 Å². The first-order valence-electron chi connectivity index (χ1n) is 11.3. The second-order valence-electron chi connectivity index (χ2n) is 9.69. The van der Waals surface area contributed by atoms with E-state index in [4.69, 9.17) is 0 Å². The summed E-state index contributed by atoms with van der Waals surface area (Å²) < 4.78 is 28.0. The number of aliphatic hydroxyl groups is 2. The first-order chi connectivity index (χ1) is 14.7. The van der Waals surface area contributed by atoms with Crippen LogP contribution in [0.4, 0.5) is 5.69 Å². The second kappa shape index (κ2) is 8.42. The number of sulfonamides is 1. The lowest BCUT2D eigenvalue weighted by Crippen LogP contribution is -2.49. The number of nitrogens with zero attached hydrogens (tertiary/aromatic N) is 2. The van der Waals surface area contributed by atoms with Crippen LogP contribution in [-0.2, 0) is 10.0 Å². The minimum absolute atomic E-state index is 0.0336. The van der Waals surface area contributed by atoms with E-state index in [0.29, 0.717) is 38.0 Å². The van der Waals surface area contributed by atoms with Gasteiger partial charge in [0.1, 0.15) is 0 Å². The zero-order valence-electron chi connectivity index (χ0n) is 17.9. The molecule has 0 aromatic heterocycles. The molecule has 3 fully saturated rings. The molecule has 6 atom stereocenters. The number of benzene rings is 1. The van der Waals surface area contributed by atoms with Crippen molar-refractivity contribution < 1.29 is 23.6 Å². The van der Waals surface area contributed by atoms with E-state index in [1.165, 1.54) is 28.6 Å². The first kappa shape index (κ1) is 22.6. The molecule has 1 saturated heterocycles. The highest BCUT2D eigenvalue weighted by molar-refractivity contribution is 7.89. The maximum absolute atomic E-state index is 13.3. The van der Waals surface area contributed by atoms with Gasteiger partial charge in [0, 0.05) is 24.6 Å². The lowest BCUT2D eigenvalue weighted by Gasteiger charge is -2.49. The monoisotopic (exact) mass is 452 g/mol. The van der Waals surface area contributed by atoms with Gasteiger partial charge in [0.25, 0.3) is 5.69 Å². The van der Waals surface area contributed by atoms with Gasteiger partial charge < -0.3 is 10.2 Å². The van der Waals surface area contributed by atoms with E-state index in [1.807, 2.05) is 0 Å².